The summed E-state index contributed by atoms with van der Waals surface area (Å²) in [7, 11) is 0. The molecule has 0 saturated heterocycles. The molecule has 0 aliphatic carbocycles. The fourth-order valence-electron chi connectivity index (χ4n) is 1.29. The van der Waals surface area contributed by atoms with Gasteiger partial charge in [-0.05, 0) is 56.7 Å². The summed E-state index contributed by atoms with van der Waals surface area (Å²) in [6, 6.07) is 8.81. The molecule has 0 fully saturated rings. The maximum Gasteiger partial charge on any atom is 0.123 e. The Morgan fingerprint density at radius 1 is 1.31 bits per heavy atom. The second kappa shape index (κ2) is 5.91. The number of rotatable bonds is 5. The van der Waals surface area contributed by atoms with E-state index in [1.807, 2.05) is 13.8 Å². The number of benzene rings is 1. The summed E-state index contributed by atoms with van der Waals surface area (Å²) in [5, 5.41) is 8.84. The molecule has 86 valence electrons. The molecule has 0 atom stereocenters. The summed E-state index contributed by atoms with van der Waals surface area (Å²) in [6.45, 7) is 3.91. The van der Waals surface area contributed by atoms with Crippen LogP contribution in [-0.2, 0) is 0 Å². The summed E-state index contributed by atoms with van der Waals surface area (Å²) in [4.78, 5) is 1.08. The van der Waals surface area contributed by atoms with Crippen molar-refractivity contribution in [1.82, 2.24) is 0 Å². The fraction of sp³-hybridized carbons (Fsp3) is 0.462. The average Bonchev–Trinajstić information content (AvgIpc) is 2.27. The molecule has 0 aromatic heterocycles. The van der Waals surface area contributed by atoms with E-state index in [-0.39, 0.29) is 11.2 Å². The topological polar surface area (TPSA) is 23.8 Å². The maximum atomic E-state index is 12.6. The van der Waals surface area contributed by atoms with E-state index in [0.29, 0.717) is 0 Å². The van der Waals surface area contributed by atoms with Gasteiger partial charge in [-0.3, -0.25) is 0 Å². The molecule has 1 aromatic carbocycles. The van der Waals surface area contributed by atoms with Crippen molar-refractivity contribution in [2.45, 2.75) is 31.6 Å². The molecular formula is C13H16FNS. The van der Waals surface area contributed by atoms with Crippen LogP contribution in [0.5, 0.6) is 0 Å². The van der Waals surface area contributed by atoms with Crippen LogP contribution in [0, 0.1) is 22.6 Å². The Labute approximate surface area is 101 Å². The van der Waals surface area contributed by atoms with E-state index in [9.17, 15) is 4.39 Å². The number of thioether (sulfide) groups is 1. The number of nitriles is 1. The molecule has 0 aliphatic heterocycles. The Balaban J connectivity index is 2.27. The van der Waals surface area contributed by atoms with Gasteiger partial charge in [-0.15, -0.1) is 11.8 Å². The summed E-state index contributed by atoms with van der Waals surface area (Å²) < 4.78 is 12.6. The van der Waals surface area contributed by atoms with Gasteiger partial charge in [-0.2, -0.15) is 5.26 Å². The lowest BCUT2D eigenvalue weighted by Crippen LogP contribution is -2.07. The monoisotopic (exact) mass is 237 g/mol. The number of hydrogen-bond donors (Lipinski definition) is 0. The first-order chi connectivity index (χ1) is 7.53. The Kier molecular flexibility index (Phi) is 4.82. The second-order valence-corrected chi connectivity index (χ2v) is 5.57. The van der Waals surface area contributed by atoms with Gasteiger partial charge in [0.15, 0.2) is 0 Å². The third-order valence-electron chi connectivity index (χ3n) is 2.33. The third-order valence-corrected chi connectivity index (χ3v) is 3.43. The lowest BCUT2D eigenvalue weighted by molar-refractivity contribution is 0.448. The highest BCUT2D eigenvalue weighted by molar-refractivity contribution is 7.99. The van der Waals surface area contributed by atoms with E-state index < -0.39 is 0 Å². The highest BCUT2D eigenvalue weighted by atomic mass is 32.2. The zero-order valence-electron chi connectivity index (χ0n) is 9.66. The van der Waals surface area contributed by atoms with Crippen LogP contribution in [-0.4, -0.2) is 5.75 Å². The normalized spacial score (nSPS) is 11.1. The number of halogens is 1. The lowest BCUT2D eigenvalue weighted by Gasteiger charge is -2.13. The molecule has 0 heterocycles. The molecule has 0 radical (unpaired) electrons. The van der Waals surface area contributed by atoms with Crippen LogP contribution in [0.4, 0.5) is 4.39 Å². The predicted octanol–water partition coefficient (Wildman–Crippen LogP) is 4.25. The molecule has 1 rings (SSSR count). The molecule has 16 heavy (non-hydrogen) atoms. The summed E-state index contributed by atoms with van der Waals surface area (Å²) in [5.41, 5.74) is -0.233. The van der Waals surface area contributed by atoms with Crippen LogP contribution in [0.25, 0.3) is 0 Å². The van der Waals surface area contributed by atoms with E-state index in [1.54, 1.807) is 23.9 Å². The first kappa shape index (κ1) is 13.1. The molecule has 0 unspecified atom stereocenters. The van der Waals surface area contributed by atoms with Gasteiger partial charge in [0.25, 0.3) is 0 Å². The standard InChI is InChI=1S/C13H16FNS/c1-13(2,10-15)8-3-9-16-12-6-4-11(14)5-7-12/h4-7H,3,8-9H2,1-2H3. The van der Waals surface area contributed by atoms with Crippen LogP contribution < -0.4 is 0 Å². The second-order valence-electron chi connectivity index (χ2n) is 4.40. The van der Waals surface area contributed by atoms with E-state index >= 15 is 0 Å². The van der Waals surface area contributed by atoms with E-state index in [0.717, 1.165) is 23.5 Å². The molecule has 0 N–H and O–H groups in total. The van der Waals surface area contributed by atoms with Crippen LogP contribution in [0.2, 0.25) is 0 Å². The number of nitrogens with zero attached hydrogens (tertiary/aromatic N) is 1. The van der Waals surface area contributed by atoms with Gasteiger partial charge in [0.1, 0.15) is 5.82 Å². The Hall–Kier alpha value is -1.01. The largest absolute Gasteiger partial charge is 0.207 e. The smallest absolute Gasteiger partial charge is 0.123 e. The fourth-order valence-corrected chi connectivity index (χ4v) is 2.14. The molecular weight excluding hydrogens is 221 g/mol. The van der Waals surface area contributed by atoms with Crippen molar-refractivity contribution in [1.29, 1.82) is 5.26 Å². The maximum absolute atomic E-state index is 12.6. The SMILES string of the molecule is CC(C)(C#N)CCCSc1ccc(F)cc1. The molecule has 3 heteroatoms. The summed E-state index contributed by atoms with van der Waals surface area (Å²) in [6.07, 6.45) is 1.90. The summed E-state index contributed by atoms with van der Waals surface area (Å²) >= 11 is 1.70. The van der Waals surface area contributed by atoms with Crippen molar-refractivity contribution in [3.05, 3.63) is 30.1 Å². The molecule has 0 bridgehead atoms. The highest BCUT2D eigenvalue weighted by Gasteiger charge is 2.15. The third kappa shape index (κ3) is 4.67. The van der Waals surface area contributed by atoms with Gasteiger partial charge < -0.3 is 0 Å². The zero-order chi connectivity index (χ0) is 12.0. The zero-order valence-corrected chi connectivity index (χ0v) is 10.5. The molecule has 0 saturated carbocycles. The van der Waals surface area contributed by atoms with Gasteiger partial charge >= 0.3 is 0 Å². The Morgan fingerprint density at radius 3 is 2.50 bits per heavy atom. The van der Waals surface area contributed by atoms with Crippen LogP contribution >= 0.6 is 11.8 Å². The van der Waals surface area contributed by atoms with Crippen molar-refractivity contribution in [3.8, 4) is 6.07 Å². The molecule has 0 spiro atoms. The number of hydrogen-bond acceptors (Lipinski definition) is 2. The first-order valence-corrected chi connectivity index (χ1v) is 6.32. The van der Waals surface area contributed by atoms with E-state index in [4.69, 9.17) is 5.26 Å². The lowest BCUT2D eigenvalue weighted by atomic mass is 9.90. The molecule has 1 aromatic rings. The highest BCUT2D eigenvalue weighted by Crippen LogP contribution is 2.25. The first-order valence-electron chi connectivity index (χ1n) is 5.33. The quantitative estimate of drug-likeness (QED) is 0.564. The van der Waals surface area contributed by atoms with Gasteiger partial charge in [0.05, 0.1) is 11.5 Å². The van der Waals surface area contributed by atoms with Crippen molar-refractivity contribution in [2.24, 2.45) is 5.41 Å². The minimum absolute atomic E-state index is 0.199. The molecule has 0 amide bonds. The predicted molar refractivity (Wildman–Crippen MR) is 65.8 cm³/mol. The van der Waals surface area contributed by atoms with Crippen LogP contribution in [0.1, 0.15) is 26.7 Å². The Bertz CT molecular complexity index is 365. The van der Waals surface area contributed by atoms with Gasteiger partial charge in [-0.1, -0.05) is 0 Å². The van der Waals surface area contributed by atoms with Gasteiger partial charge in [-0.25, -0.2) is 4.39 Å². The average molecular weight is 237 g/mol. The molecule has 1 nitrogen and oxygen atoms in total. The van der Waals surface area contributed by atoms with Crippen molar-refractivity contribution in [2.75, 3.05) is 5.75 Å². The van der Waals surface area contributed by atoms with Crippen LogP contribution in [0.15, 0.2) is 29.2 Å². The van der Waals surface area contributed by atoms with Crippen molar-refractivity contribution < 1.29 is 4.39 Å². The minimum atomic E-state index is -0.233. The van der Waals surface area contributed by atoms with E-state index in [2.05, 4.69) is 6.07 Å². The van der Waals surface area contributed by atoms with Gasteiger partial charge in [0.2, 0.25) is 0 Å². The Morgan fingerprint density at radius 2 is 1.94 bits per heavy atom. The van der Waals surface area contributed by atoms with Crippen molar-refractivity contribution >= 4 is 11.8 Å². The summed E-state index contributed by atoms with van der Waals surface area (Å²) in [5.74, 6) is 0.770. The minimum Gasteiger partial charge on any atom is -0.207 e. The van der Waals surface area contributed by atoms with Crippen LogP contribution in [0.3, 0.4) is 0 Å². The van der Waals surface area contributed by atoms with Gasteiger partial charge in [0, 0.05) is 4.90 Å². The van der Waals surface area contributed by atoms with E-state index in [1.165, 1.54) is 12.1 Å². The molecule has 0 aliphatic rings. The van der Waals surface area contributed by atoms with Crippen molar-refractivity contribution in [3.63, 3.8) is 0 Å².